The highest BCUT2D eigenvalue weighted by molar-refractivity contribution is 9.10. The number of benzene rings is 2. The molecule has 0 saturated carbocycles. The first-order valence-corrected chi connectivity index (χ1v) is 17.3. The van der Waals surface area contributed by atoms with Crippen LogP contribution in [0.25, 0.3) is 0 Å². The lowest BCUT2D eigenvalue weighted by molar-refractivity contribution is -0.120. The third-order valence-corrected chi connectivity index (χ3v) is 9.93. The van der Waals surface area contributed by atoms with Crippen molar-refractivity contribution in [1.29, 1.82) is 0 Å². The van der Waals surface area contributed by atoms with Gasteiger partial charge >= 0.3 is 0 Å². The second kappa shape index (κ2) is 13.2. The van der Waals surface area contributed by atoms with E-state index in [1.54, 1.807) is 12.1 Å². The minimum atomic E-state index is -0.510. The maximum atomic E-state index is 14.1. The standard InChI is InChI=1S/C37H44BrClN2O5/c1-8-12-41-26-16-36(4,5)18-28(42)33(26)32(34-27(41)17-37(6,7)19-29(34)43)22-13-24(38)35(30(14-22)45-9-2)46-20-31(44)40-23-11-10-21(3)25(39)15-23/h10-11,13-15,32H,8-9,12,16-20H2,1-7H3,(H,40,44). The minimum absolute atomic E-state index is 0.0869. The van der Waals surface area contributed by atoms with E-state index in [2.05, 4.69) is 60.8 Å². The average molecular weight is 712 g/mol. The highest BCUT2D eigenvalue weighted by Gasteiger charge is 2.49. The number of nitrogens with zero attached hydrogens (tertiary/aromatic N) is 1. The van der Waals surface area contributed by atoms with Gasteiger partial charge in [-0.1, -0.05) is 52.3 Å². The maximum Gasteiger partial charge on any atom is 0.262 e. The first kappa shape index (κ1) is 34.2. The quantitative estimate of drug-likeness (QED) is 0.280. The molecule has 0 radical (unpaired) electrons. The minimum Gasteiger partial charge on any atom is -0.490 e. The average Bonchev–Trinajstić information content (AvgIpc) is 2.94. The first-order valence-electron chi connectivity index (χ1n) is 16.1. The molecule has 246 valence electrons. The topological polar surface area (TPSA) is 84.9 Å². The van der Waals surface area contributed by atoms with E-state index in [1.165, 1.54) is 0 Å². The molecule has 9 heteroatoms. The Bertz CT molecular complexity index is 1600. The molecule has 0 saturated heterocycles. The van der Waals surface area contributed by atoms with Gasteiger partial charge in [0.05, 0.1) is 11.1 Å². The number of ether oxygens (including phenoxy) is 2. The molecule has 0 fully saturated rings. The molecular weight excluding hydrogens is 668 g/mol. The molecular formula is C37H44BrClN2O5. The van der Waals surface area contributed by atoms with Crippen LogP contribution in [0.5, 0.6) is 11.5 Å². The second-order valence-corrected chi connectivity index (χ2v) is 15.5. The molecule has 1 aliphatic heterocycles. The Morgan fingerprint density at radius 2 is 1.57 bits per heavy atom. The Kier molecular flexibility index (Phi) is 9.82. The summed E-state index contributed by atoms with van der Waals surface area (Å²) in [5, 5.41) is 3.38. The summed E-state index contributed by atoms with van der Waals surface area (Å²) in [7, 11) is 0. The molecule has 1 N–H and O–H groups in total. The predicted molar refractivity (Wildman–Crippen MR) is 185 cm³/mol. The van der Waals surface area contributed by atoms with Crippen molar-refractivity contribution in [3.8, 4) is 11.5 Å². The number of aryl methyl sites for hydroxylation is 1. The molecule has 0 aromatic heterocycles. The summed E-state index contributed by atoms with van der Waals surface area (Å²) in [6, 6.07) is 9.10. The molecule has 0 spiro atoms. The van der Waals surface area contributed by atoms with Crippen molar-refractivity contribution in [2.45, 2.75) is 86.5 Å². The normalized spacial score (nSPS) is 19.2. The third-order valence-electron chi connectivity index (χ3n) is 8.94. The van der Waals surface area contributed by atoms with Gasteiger partial charge in [0.15, 0.2) is 29.7 Å². The number of hydrogen-bond acceptors (Lipinski definition) is 6. The Morgan fingerprint density at radius 1 is 0.957 bits per heavy atom. The molecule has 0 bridgehead atoms. The summed E-state index contributed by atoms with van der Waals surface area (Å²) in [5.41, 5.74) is 5.44. The Labute approximate surface area is 285 Å². The van der Waals surface area contributed by atoms with Gasteiger partial charge < -0.3 is 19.7 Å². The van der Waals surface area contributed by atoms with Gasteiger partial charge in [-0.3, -0.25) is 14.4 Å². The van der Waals surface area contributed by atoms with Crippen LogP contribution in [0.15, 0.2) is 57.3 Å². The Balaban J connectivity index is 1.56. The predicted octanol–water partition coefficient (Wildman–Crippen LogP) is 8.92. The van der Waals surface area contributed by atoms with E-state index in [4.69, 9.17) is 21.1 Å². The lowest BCUT2D eigenvalue weighted by Crippen LogP contribution is -2.44. The van der Waals surface area contributed by atoms with E-state index < -0.39 is 5.92 Å². The van der Waals surface area contributed by atoms with Crippen molar-refractivity contribution in [3.05, 3.63) is 73.5 Å². The summed E-state index contributed by atoms with van der Waals surface area (Å²) < 4.78 is 12.7. The number of nitrogens with one attached hydrogen (secondary N) is 1. The number of carbonyl (C=O) groups is 3. The highest BCUT2D eigenvalue weighted by Crippen LogP contribution is 2.55. The van der Waals surface area contributed by atoms with Crippen molar-refractivity contribution in [2.24, 2.45) is 10.8 Å². The lowest BCUT2D eigenvalue weighted by Gasteiger charge is -2.49. The van der Waals surface area contributed by atoms with Gasteiger partial charge in [0.25, 0.3) is 5.91 Å². The van der Waals surface area contributed by atoms with Crippen molar-refractivity contribution in [2.75, 3.05) is 25.1 Å². The molecule has 3 aliphatic rings. The number of anilines is 1. The molecule has 46 heavy (non-hydrogen) atoms. The monoisotopic (exact) mass is 710 g/mol. The van der Waals surface area contributed by atoms with Crippen LogP contribution < -0.4 is 14.8 Å². The van der Waals surface area contributed by atoms with Gasteiger partial charge in [-0.15, -0.1) is 0 Å². The van der Waals surface area contributed by atoms with Crippen LogP contribution in [0.3, 0.4) is 0 Å². The maximum absolute atomic E-state index is 14.1. The smallest absolute Gasteiger partial charge is 0.262 e. The number of hydrogen-bond donors (Lipinski definition) is 1. The van der Waals surface area contributed by atoms with Crippen molar-refractivity contribution in [3.63, 3.8) is 0 Å². The van der Waals surface area contributed by atoms with Crippen LogP contribution in [0.2, 0.25) is 5.02 Å². The van der Waals surface area contributed by atoms with Crippen LogP contribution >= 0.6 is 27.5 Å². The van der Waals surface area contributed by atoms with E-state index in [0.717, 1.165) is 59.5 Å². The van der Waals surface area contributed by atoms with E-state index in [1.807, 2.05) is 32.0 Å². The zero-order valence-corrected chi connectivity index (χ0v) is 30.2. The molecule has 7 nitrogen and oxygen atoms in total. The van der Waals surface area contributed by atoms with Crippen molar-refractivity contribution in [1.82, 2.24) is 4.90 Å². The number of carbonyl (C=O) groups excluding carboxylic acids is 3. The fraction of sp³-hybridized carbons (Fsp3) is 0.486. The molecule has 1 amide bonds. The Hall–Kier alpha value is -3.10. The van der Waals surface area contributed by atoms with Gasteiger partial charge in [0.1, 0.15) is 0 Å². The summed E-state index contributed by atoms with van der Waals surface area (Å²) >= 11 is 9.91. The number of Topliss-reactive ketones (excluding diaryl/α,β-unsaturated/α-hetero) is 2. The molecule has 2 aromatic rings. The zero-order chi connectivity index (χ0) is 33.6. The zero-order valence-electron chi connectivity index (χ0n) is 27.9. The van der Waals surface area contributed by atoms with Crippen LogP contribution in [0, 0.1) is 17.8 Å². The van der Waals surface area contributed by atoms with Gasteiger partial charge in [-0.05, 0) is 95.3 Å². The van der Waals surface area contributed by atoms with E-state index in [9.17, 15) is 14.4 Å². The second-order valence-electron chi connectivity index (χ2n) is 14.3. The van der Waals surface area contributed by atoms with Gasteiger partial charge in [-0.25, -0.2) is 0 Å². The number of rotatable bonds is 9. The number of ketones is 2. The summed E-state index contributed by atoms with van der Waals surface area (Å²) in [6.07, 6.45) is 3.27. The molecule has 2 aliphatic carbocycles. The van der Waals surface area contributed by atoms with E-state index in [0.29, 0.717) is 46.1 Å². The van der Waals surface area contributed by atoms with Crippen LogP contribution in [0.1, 0.15) is 90.7 Å². The van der Waals surface area contributed by atoms with Crippen molar-refractivity contribution < 1.29 is 23.9 Å². The lowest BCUT2D eigenvalue weighted by atomic mass is 9.63. The van der Waals surface area contributed by atoms with E-state index >= 15 is 0 Å². The first-order chi connectivity index (χ1) is 21.6. The fourth-order valence-corrected chi connectivity index (χ4v) is 7.79. The number of halogens is 2. The van der Waals surface area contributed by atoms with Crippen LogP contribution in [0.4, 0.5) is 5.69 Å². The summed E-state index contributed by atoms with van der Waals surface area (Å²) in [5.74, 6) is 0.126. The van der Waals surface area contributed by atoms with Crippen molar-refractivity contribution >= 4 is 50.7 Å². The Morgan fingerprint density at radius 3 is 2.11 bits per heavy atom. The molecule has 0 unspecified atom stereocenters. The van der Waals surface area contributed by atoms with Crippen LogP contribution in [-0.4, -0.2) is 42.1 Å². The largest absolute Gasteiger partial charge is 0.490 e. The van der Waals surface area contributed by atoms with Gasteiger partial charge in [0, 0.05) is 58.6 Å². The molecule has 1 heterocycles. The summed E-state index contributed by atoms with van der Waals surface area (Å²) in [6.45, 7) is 15.4. The SMILES string of the molecule is CCCN1C2=C(C(=O)CC(C)(C)C2)C(c2cc(Br)c(OCC(=O)Nc3ccc(C)c(Cl)c3)c(OCC)c2)C2=C1CC(C)(C)CC2=O. The number of allylic oxidation sites excluding steroid dienone is 4. The van der Waals surface area contributed by atoms with E-state index in [-0.39, 0.29) is 34.9 Å². The van der Waals surface area contributed by atoms with Crippen LogP contribution in [-0.2, 0) is 14.4 Å². The van der Waals surface area contributed by atoms with Gasteiger partial charge in [0.2, 0.25) is 0 Å². The summed E-state index contributed by atoms with van der Waals surface area (Å²) in [4.78, 5) is 43.3. The van der Waals surface area contributed by atoms with Gasteiger partial charge in [-0.2, -0.15) is 0 Å². The molecule has 2 aromatic carbocycles. The fourth-order valence-electron chi connectivity index (χ4n) is 7.04. The number of amides is 1. The third kappa shape index (κ3) is 6.93. The molecule has 0 atom stereocenters. The molecule has 5 rings (SSSR count). The highest BCUT2D eigenvalue weighted by atomic mass is 79.9.